The smallest absolute Gasteiger partial charge is 0.262 e. The topological polar surface area (TPSA) is 64.0 Å². The van der Waals surface area contributed by atoms with Gasteiger partial charge in [0.15, 0.2) is 5.16 Å². The quantitative estimate of drug-likeness (QED) is 0.319. The fraction of sp³-hybridized carbons (Fsp3) is 0.190. The fourth-order valence-corrected chi connectivity index (χ4v) is 4.18. The molecule has 1 N–H and O–H groups in total. The molecule has 3 rings (SSSR count). The number of aromatic nitrogens is 2. The van der Waals surface area contributed by atoms with Crippen LogP contribution < -0.4 is 10.9 Å². The summed E-state index contributed by atoms with van der Waals surface area (Å²) < 4.78 is 1.50. The molecular formula is C21H19Cl2N3O2S. The molecule has 0 saturated carbocycles. The number of halogens is 2. The molecule has 0 bridgehead atoms. The first kappa shape index (κ1) is 21.4. The first-order valence-electron chi connectivity index (χ1n) is 8.88. The van der Waals surface area contributed by atoms with Gasteiger partial charge in [0.05, 0.1) is 22.7 Å². The number of benzene rings is 2. The zero-order valence-corrected chi connectivity index (χ0v) is 18.0. The highest BCUT2D eigenvalue weighted by Gasteiger charge is 2.15. The molecule has 1 atom stereocenters. The van der Waals surface area contributed by atoms with Gasteiger partial charge in [0.1, 0.15) is 0 Å². The number of allylic oxidation sites excluding steroid dienone is 1. The average Bonchev–Trinajstić information content (AvgIpc) is 2.69. The Morgan fingerprint density at radius 1 is 1.31 bits per heavy atom. The van der Waals surface area contributed by atoms with E-state index in [2.05, 4.69) is 16.9 Å². The second-order valence-corrected chi connectivity index (χ2v) is 8.15. The Morgan fingerprint density at radius 3 is 2.79 bits per heavy atom. The summed E-state index contributed by atoms with van der Waals surface area (Å²) in [5, 5.41) is 4.92. The molecule has 1 unspecified atom stereocenters. The van der Waals surface area contributed by atoms with Gasteiger partial charge in [-0.3, -0.25) is 14.2 Å². The van der Waals surface area contributed by atoms with Crippen molar-refractivity contribution in [1.29, 1.82) is 0 Å². The van der Waals surface area contributed by atoms with E-state index < -0.39 is 0 Å². The standard InChI is InChI=1S/C21H19Cl2N3O2S/c1-3-10-26-20(28)16-9-8-14(22)11-18(16)25-21(26)29-12-19(27)24-13(2)15-6-4-5-7-17(15)23/h3-9,11,13H,1,10,12H2,2H3,(H,24,27). The Labute approximate surface area is 182 Å². The first-order valence-corrected chi connectivity index (χ1v) is 10.6. The summed E-state index contributed by atoms with van der Waals surface area (Å²) >= 11 is 13.4. The number of rotatable bonds is 7. The molecule has 0 fully saturated rings. The van der Waals surface area contributed by atoms with E-state index in [4.69, 9.17) is 23.2 Å². The van der Waals surface area contributed by atoms with E-state index >= 15 is 0 Å². The Balaban J connectivity index is 1.79. The molecular weight excluding hydrogens is 429 g/mol. The largest absolute Gasteiger partial charge is 0.349 e. The molecule has 0 aliphatic carbocycles. The van der Waals surface area contributed by atoms with Gasteiger partial charge in [-0.15, -0.1) is 6.58 Å². The monoisotopic (exact) mass is 447 g/mol. The van der Waals surface area contributed by atoms with Crippen molar-refractivity contribution in [3.8, 4) is 0 Å². The number of amides is 1. The molecule has 0 saturated heterocycles. The molecule has 0 spiro atoms. The van der Waals surface area contributed by atoms with E-state index in [1.54, 1.807) is 30.3 Å². The molecule has 8 heteroatoms. The molecule has 1 aromatic heterocycles. The summed E-state index contributed by atoms with van der Waals surface area (Å²) in [4.78, 5) is 29.8. The summed E-state index contributed by atoms with van der Waals surface area (Å²) in [7, 11) is 0. The zero-order chi connectivity index (χ0) is 21.0. The van der Waals surface area contributed by atoms with Crippen LogP contribution in [0.2, 0.25) is 10.0 Å². The lowest BCUT2D eigenvalue weighted by Gasteiger charge is -2.16. The molecule has 3 aromatic rings. The molecule has 1 heterocycles. The van der Waals surface area contributed by atoms with E-state index in [9.17, 15) is 9.59 Å². The van der Waals surface area contributed by atoms with E-state index in [0.717, 1.165) is 5.56 Å². The maximum Gasteiger partial charge on any atom is 0.262 e. The lowest BCUT2D eigenvalue weighted by molar-refractivity contribution is -0.119. The summed E-state index contributed by atoms with van der Waals surface area (Å²) in [6, 6.07) is 12.1. The van der Waals surface area contributed by atoms with Crippen LogP contribution >= 0.6 is 35.0 Å². The third-order valence-corrected chi connectivity index (χ3v) is 5.83. The molecule has 150 valence electrons. The lowest BCUT2D eigenvalue weighted by atomic mass is 10.1. The van der Waals surface area contributed by atoms with Crippen molar-refractivity contribution in [2.75, 3.05) is 5.75 Å². The van der Waals surface area contributed by atoms with Crippen molar-refractivity contribution < 1.29 is 4.79 Å². The second-order valence-electron chi connectivity index (χ2n) is 6.36. The van der Waals surface area contributed by atoms with E-state index in [-0.39, 0.29) is 23.3 Å². The van der Waals surface area contributed by atoms with Gasteiger partial charge in [0, 0.05) is 16.6 Å². The van der Waals surface area contributed by atoms with Crippen LogP contribution in [0, 0.1) is 0 Å². The van der Waals surface area contributed by atoms with Gasteiger partial charge in [-0.2, -0.15) is 0 Å². The van der Waals surface area contributed by atoms with Crippen LogP contribution in [0.25, 0.3) is 10.9 Å². The van der Waals surface area contributed by atoms with Gasteiger partial charge in [-0.05, 0) is 36.8 Å². The van der Waals surface area contributed by atoms with Crippen molar-refractivity contribution in [2.24, 2.45) is 0 Å². The van der Waals surface area contributed by atoms with E-state index in [0.29, 0.717) is 32.6 Å². The Hall–Kier alpha value is -2.28. The van der Waals surface area contributed by atoms with Gasteiger partial charge in [-0.25, -0.2) is 4.98 Å². The third-order valence-electron chi connectivity index (χ3n) is 4.28. The predicted molar refractivity (Wildman–Crippen MR) is 120 cm³/mol. The first-order chi connectivity index (χ1) is 13.9. The Morgan fingerprint density at radius 2 is 2.07 bits per heavy atom. The molecule has 5 nitrogen and oxygen atoms in total. The van der Waals surface area contributed by atoms with Crippen LogP contribution in [-0.4, -0.2) is 21.2 Å². The van der Waals surface area contributed by atoms with Gasteiger partial charge in [0.25, 0.3) is 5.56 Å². The number of nitrogens with zero attached hydrogens (tertiary/aromatic N) is 2. The molecule has 0 aliphatic rings. The van der Waals surface area contributed by atoms with Crippen molar-refractivity contribution in [3.63, 3.8) is 0 Å². The minimum atomic E-state index is -0.240. The Kier molecular flexibility index (Phi) is 7.00. The summed E-state index contributed by atoms with van der Waals surface area (Å²) in [6.07, 6.45) is 1.62. The van der Waals surface area contributed by atoms with Crippen LogP contribution in [0.5, 0.6) is 0 Å². The number of carbonyl (C=O) groups excluding carboxylic acids is 1. The highest BCUT2D eigenvalue weighted by atomic mass is 35.5. The van der Waals surface area contributed by atoms with Crippen LogP contribution in [-0.2, 0) is 11.3 Å². The molecule has 29 heavy (non-hydrogen) atoms. The molecule has 0 aliphatic heterocycles. The Bertz CT molecular complexity index is 1130. The highest BCUT2D eigenvalue weighted by Crippen LogP contribution is 2.23. The maximum atomic E-state index is 12.8. The van der Waals surface area contributed by atoms with Gasteiger partial charge < -0.3 is 5.32 Å². The normalized spacial score (nSPS) is 12.0. The number of hydrogen-bond donors (Lipinski definition) is 1. The maximum absolute atomic E-state index is 12.8. The van der Waals surface area contributed by atoms with Crippen molar-refractivity contribution in [3.05, 3.63) is 81.1 Å². The number of fused-ring (bicyclic) bond motifs is 1. The second kappa shape index (κ2) is 9.48. The number of carbonyl (C=O) groups is 1. The number of hydrogen-bond acceptors (Lipinski definition) is 4. The molecule has 2 aromatic carbocycles. The van der Waals surface area contributed by atoms with Crippen LogP contribution in [0.4, 0.5) is 0 Å². The van der Waals surface area contributed by atoms with Crippen LogP contribution in [0.3, 0.4) is 0 Å². The zero-order valence-electron chi connectivity index (χ0n) is 15.7. The summed E-state index contributed by atoms with van der Waals surface area (Å²) in [6.45, 7) is 5.86. The van der Waals surface area contributed by atoms with Crippen LogP contribution in [0.1, 0.15) is 18.5 Å². The van der Waals surface area contributed by atoms with Gasteiger partial charge in [0.2, 0.25) is 5.91 Å². The fourth-order valence-electron chi connectivity index (χ4n) is 2.89. The molecule has 0 radical (unpaired) electrons. The van der Waals surface area contributed by atoms with Crippen molar-refractivity contribution >= 4 is 51.8 Å². The average molecular weight is 448 g/mol. The SMILES string of the molecule is C=CCn1c(SCC(=O)NC(C)c2ccccc2Cl)nc2cc(Cl)ccc2c1=O. The van der Waals surface area contributed by atoms with E-state index in [1.165, 1.54) is 16.3 Å². The minimum Gasteiger partial charge on any atom is -0.349 e. The minimum absolute atomic E-state index is 0.102. The van der Waals surface area contributed by atoms with Gasteiger partial charge >= 0.3 is 0 Å². The van der Waals surface area contributed by atoms with E-state index in [1.807, 2.05) is 25.1 Å². The van der Waals surface area contributed by atoms with Gasteiger partial charge in [-0.1, -0.05) is 59.2 Å². The molecule has 1 amide bonds. The third kappa shape index (κ3) is 5.01. The number of nitrogens with one attached hydrogen (secondary N) is 1. The van der Waals surface area contributed by atoms with Crippen LogP contribution in [0.15, 0.2) is 65.1 Å². The van der Waals surface area contributed by atoms with Crippen molar-refractivity contribution in [1.82, 2.24) is 14.9 Å². The highest BCUT2D eigenvalue weighted by molar-refractivity contribution is 7.99. The number of thioether (sulfide) groups is 1. The summed E-state index contributed by atoms with van der Waals surface area (Å²) in [5.74, 6) is -0.0854. The lowest BCUT2D eigenvalue weighted by Crippen LogP contribution is -2.29. The summed E-state index contributed by atoms with van der Waals surface area (Å²) in [5.41, 5.74) is 1.14. The van der Waals surface area contributed by atoms with Crippen molar-refractivity contribution in [2.45, 2.75) is 24.7 Å². The predicted octanol–water partition coefficient (Wildman–Crippen LogP) is 4.86.